The van der Waals surface area contributed by atoms with Crippen molar-refractivity contribution in [2.45, 2.75) is 56.9 Å². The van der Waals surface area contributed by atoms with Crippen molar-refractivity contribution in [3.05, 3.63) is 84.5 Å². The van der Waals surface area contributed by atoms with E-state index in [2.05, 4.69) is 87.9 Å². The Balaban J connectivity index is 0.000000135. The van der Waals surface area contributed by atoms with Crippen molar-refractivity contribution < 1.29 is 4.79 Å². The first-order chi connectivity index (χ1) is 24.6. The summed E-state index contributed by atoms with van der Waals surface area (Å²) in [6.07, 6.45) is 12.8. The number of nitriles is 1. The molecule has 2 aliphatic heterocycles. The highest BCUT2D eigenvalue weighted by atomic mass is 16.2. The van der Waals surface area contributed by atoms with E-state index in [-0.39, 0.29) is 11.8 Å². The van der Waals surface area contributed by atoms with E-state index in [1.807, 2.05) is 27.9 Å². The molecule has 2 saturated heterocycles. The van der Waals surface area contributed by atoms with E-state index in [0.717, 1.165) is 89.9 Å². The van der Waals surface area contributed by atoms with E-state index < -0.39 is 5.41 Å². The molecule has 0 bridgehead atoms. The Bertz CT molecular complexity index is 2360. The van der Waals surface area contributed by atoms with E-state index in [9.17, 15) is 10.1 Å². The van der Waals surface area contributed by atoms with Crippen LogP contribution in [-0.4, -0.2) is 91.5 Å². The van der Waals surface area contributed by atoms with Crippen LogP contribution in [0.5, 0.6) is 0 Å². The van der Waals surface area contributed by atoms with Crippen LogP contribution in [0.1, 0.15) is 67.3 Å². The van der Waals surface area contributed by atoms with Crippen molar-refractivity contribution in [3.8, 4) is 6.07 Å². The quantitative estimate of drug-likeness (QED) is 0.267. The molecule has 3 aliphatic rings. The maximum Gasteiger partial charge on any atom is 0.243 e. The van der Waals surface area contributed by atoms with Gasteiger partial charge >= 0.3 is 0 Å². The highest BCUT2D eigenvalue weighted by Crippen LogP contribution is 2.47. The van der Waals surface area contributed by atoms with Gasteiger partial charge < -0.3 is 14.9 Å². The number of carbonyl (C=O) groups excluding carboxylic acids is 1. The molecule has 252 valence electrons. The van der Waals surface area contributed by atoms with Crippen LogP contribution in [0.4, 0.5) is 0 Å². The molecule has 2 unspecified atom stereocenters. The zero-order chi connectivity index (χ0) is 33.7. The van der Waals surface area contributed by atoms with Gasteiger partial charge in [0.15, 0.2) is 0 Å². The zero-order valence-corrected chi connectivity index (χ0v) is 27.6. The predicted octanol–water partition coefficient (Wildman–Crippen LogP) is 4.60. The Morgan fingerprint density at radius 1 is 0.820 bits per heavy atom. The van der Waals surface area contributed by atoms with Crippen LogP contribution in [0.15, 0.2) is 67.5 Å². The van der Waals surface area contributed by atoms with Crippen LogP contribution in [0.25, 0.3) is 33.1 Å². The number of nitrogens with one attached hydrogen (secondary N) is 2. The highest BCUT2D eigenvalue weighted by Gasteiger charge is 2.53. The summed E-state index contributed by atoms with van der Waals surface area (Å²) in [6.45, 7) is 4.49. The number of rotatable bonds is 5. The molecule has 10 rings (SSSR count). The summed E-state index contributed by atoms with van der Waals surface area (Å²) < 4.78 is 3.51. The van der Waals surface area contributed by atoms with E-state index in [1.165, 1.54) is 12.0 Å². The van der Waals surface area contributed by atoms with Crippen molar-refractivity contribution in [2.24, 2.45) is 5.41 Å². The van der Waals surface area contributed by atoms with Crippen molar-refractivity contribution in [1.29, 1.82) is 5.26 Å². The second-order valence-corrected chi connectivity index (χ2v) is 13.8. The molecule has 2 atom stereocenters. The predicted molar refractivity (Wildman–Crippen MR) is 185 cm³/mol. The molecule has 1 saturated carbocycles. The molecule has 7 aromatic rings. The summed E-state index contributed by atoms with van der Waals surface area (Å²) in [4.78, 5) is 32.1. The molecular formula is C36H37N13O. The molecule has 3 fully saturated rings. The number of hydrogen-bond donors (Lipinski definition) is 2. The maximum absolute atomic E-state index is 12.7. The lowest BCUT2D eigenvalue weighted by atomic mass is 9.92. The fourth-order valence-electron chi connectivity index (χ4n) is 7.84. The second-order valence-electron chi connectivity index (χ2n) is 13.8. The van der Waals surface area contributed by atoms with Crippen LogP contribution in [0.3, 0.4) is 0 Å². The molecule has 50 heavy (non-hydrogen) atoms. The van der Waals surface area contributed by atoms with E-state index in [0.29, 0.717) is 25.3 Å². The Morgan fingerprint density at radius 3 is 2.02 bits per heavy atom. The number of carbonyl (C=O) groups is 1. The number of benzene rings is 1. The minimum Gasteiger partial charge on any atom is -0.346 e. The van der Waals surface area contributed by atoms with Gasteiger partial charge in [-0.3, -0.25) is 9.69 Å². The van der Waals surface area contributed by atoms with Gasteiger partial charge in [0.1, 0.15) is 40.4 Å². The largest absolute Gasteiger partial charge is 0.346 e. The first kappa shape index (κ1) is 30.4. The van der Waals surface area contributed by atoms with Gasteiger partial charge in [-0.25, -0.2) is 19.0 Å². The fraction of sp³-hybridized carbons (Fsp3) is 0.389. The first-order valence-electron chi connectivity index (χ1n) is 17.4. The zero-order valence-electron chi connectivity index (χ0n) is 27.6. The molecule has 14 nitrogen and oxygen atoms in total. The Kier molecular flexibility index (Phi) is 7.49. The summed E-state index contributed by atoms with van der Waals surface area (Å²) >= 11 is 0. The fourth-order valence-corrected chi connectivity index (χ4v) is 7.84. The highest BCUT2D eigenvalue weighted by molar-refractivity contribution is 5.94. The lowest BCUT2D eigenvalue weighted by Gasteiger charge is -2.33. The maximum atomic E-state index is 12.7. The number of fused-ring (bicyclic) bond motifs is 6. The second kappa shape index (κ2) is 12.3. The molecule has 0 spiro atoms. The topological polar surface area (TPSA) is 165 Å². The third-order valence-corrected chi connectivity index (χ3v) is 10.6. The molecule has 1 aliphatic carbocycles. The molecule has 2 N–H and O–H groups in total. The SMILES string of the molecule is N#CC1(C(=O)N2CCCC(c3nnn4cnc5[nH]ccc5c34)C2)CC1.c1ccc(CN2CCCC(c3nnn4cnc5[nH]ccc5c34)C2)cc1. The molecule has 6 aromatic heterocycles. The Labute approximate surface area is 287 Å². The Morgan fingerprint density at radius 2 is 1.42 bits per heavy atom. The minimum absolute atomic E-state index is 0.00960. The number of nitrogens with zero attached hydrogens (tertiary/aromatic N) is 11. The van der Waals surface area contributed by atoms with Crippen LogP contribution < -0.4 is 0 Å². The molecule has 8 heterocycles. The number of hydrogen-bond acceptors (Lipinski definition) is 9. The number of amides is 1. The summed E-state index contributed by atoms with van der Waals surface area (Å²) in [7, 11) is 0. The number of likely N-dealkylation sites (tertiary alicyclic amines) is 2. The monoisotopic (exact) mass is 667 g/mol. The Hall–Kier alpha value is -5.68. The number of aromatic amines is 2. The van der Waals surface area contributed by atoms with Crippen LogP contribution in [0, 0.1) is 16.7 Å². The van der Waals surface area contributed by atoms with Gasteiger partial charge in [-0.1, -0.05) is 40.8 Å². The van der Waals surface area contributed by atoms with Crippen molar-refractivity contribution in [1.82, 2.24) is 59.4 Å². The van der Waals surface area contributed by atoms with Crippen LogP contribution >= 0.6 is 0 Å². The summed E-state index contributed by atoms with van der Waals surface area (Å²) in [5.74, 6) is 0.533. The average Bonchev–Trinajstić information content (AvgIpc) is 3.63. The van der Waals surface area contributed by atoms with Gasteiger partial charge in [0.25, 0.3) is 0 Å². The van der Waals surface area contributed by atoms with Crippen molar-refractivity contribution in [3.63, 3.8) is 0 Å². The van der Waals surface area contributed by atoms with E-state index >= 15 is 0 Å². The van der Waals surface area contributed by atoms with Gasteiger partial charge in [-0.2, -0.15) is 5.26 Å². The summed E-state index contributed by atoms with van der Waals surface area (Å²) in [6, 6.07) is 16.9. The lowest BCUT2D eigenvalue weighted by molar-refractivity contribution is -0.136. The molecule has 1 amide bonds. The smallest absolute Gasteiger partial charge is 0.243 e. The van der Waals surface area contributed by atoms with E-state index in [1.54, 1.807) is 17.2 Å². The van der Waals surface area contributed by atoms with Gasteiger partial charge in [0, 0.05) is 61.2 Å². The van der Waals surface area contributed by atoms with E-state index in [4.69, 9.17) is 0 Å². The van der Waals surface area contributed by atoms with Gasteiger partial charge in [0.05, 0.1) is 17.5 Å². The normalized spacial score (nSPS) is 20.6. The molecule has 1 aromatic carbocycles. The van der Waals surface area contributed by atoms with Crippen LogP contribution in [-0.2, 0) is 11.3 Å². The number of piperidine rings is 2. The average molecular weight is 668 g/mol. The van der Waals surface area contributed by atoms with Gasteiger partial charge in [-0.15, -0.1) is 10.2 Å². The number of aromatic nitrogens is 10. The number of H-pyrrole nitrogens is 2. The van der Waals surface area contributed by atoms with Crippen molar-refractivity contribution in [2.75, 3.05) is 26.2 Å². The third kappa shape index (κ3) is 5.34. The summed E-state index contributed by atoms with van der Waals surface area (Å²) in [5.41, 5.74) is 6.37. The molecular weight excluding hydrogens is 630 g/mol. The standard InChI is InChI=1S/C19H20N6.C17H17N7O/c1-2-5-14(6-3-1)11-24-10-4-7-15(12-24)17-18-16-8-9-20-19(16)21-13-25(18)23-22-17;18-9-17(4-5-17)16(25)23-7-1-2-11(8-23)13-14-12-3-6-19-15(12)20-10-24(14)22-21-13/h1-3,5-6,8-9,13,15,20H,4,7,10-12H2;3,6,10-11,19H,1-2,4-5,7-8H2. The third-order valence-electron chi connectivity index (χ3n) is 10.6. The molecule has 0 radical (unpaired) electrons. The minimum atomic E-state index is -0.756. The van der Waals surface area contributed by atoms with Gasteiger partial charge in [0.2, 0.25) is 5.91 Å². The van der Waals surface area contributed by atoms with Gasteiger partial charge in [-0.05, 0) is 62.8 Å². The van der Waals surface area contributed by atoms with Crippen molar-refractivity contribution >= 4 is 39.0 Å². The molecule has 14 heteroatoms. The van der Waals surface area contributed by atoms with Crippen LogP contribution in [0.2, 0.25) is 0 Å². The summed E-state index contributed by atoms with van der Waals surface area (Å²) in [5, 5.41) is 28.8. The first-order valence-corrected chi connectivity index (χ1v) is 17.4. The lowest BCUT2D eigenvalue weighted by Crippen LogP contribution is -2.43.